The molecule has 3 unspecified atom stereocenters. The lowest BCUT2D eigenvalue weighted by Gasteiger charge is -2.36. The molecular formula is C19H28N2O2. The molecule has 126 valence electrons. The van der Waals surface area contributed by atoms with Crippen molar-refractivity contribution < 1.29 is 9.90 Å². The molecule has 0 saturated heterocycles. The van der Waals surface area contributed by atoms with E-state index in [-0.39, 0.29) is 24.3 Å². The first-order chi connectivity index (χ1) is 11.0. The second-order valence-corrected chi connectivity index (χ2v) is 6.94. The summed E-state index contributed by atoms with van der Waals surface area (Å²) >= 11 is 0. The molecule has 23 heavy (non-hydrogen) atoms. The molecule has 0 aromatic carbocycles. The number of pyridine rings is 1. The van der Waals surface area contributed by atoms with Gasteiger partial charge in [-0.3, -0.25) is 9.78 Å². The molecule has 1 aliphatic rings. The molecule has 3 atom stereocenters. The summed E-state index contributed by atoms with van der Waals surface area (Å²) < 4.78 is 0. The number of nitrogens with zero attached hydrogens (tertiary/aromatic N) is 1. The van der Waals surface area contributed by atoms with Gasteiger partial charge in [-0.15, -0.1) is 0 Å². The van der Waals surface area contributed by atoms with Gasteiger partial charge in [-0.2, -0.15) is 0 Å². The lowest BCUT2D eigenvalue weighted by atomic mass is 9.70. The van der Waals surface area contributed by atoms with E-state index in [1.165, 1.54) is 5.57 Å². The van der Waals surface area contributed by atoms with E-state index in [9.17, 15) is 9.90 Å². The number of carbonyl (C=O) groups is 1. The van der Waals surface area contributed by atoms with Crippen LogP contribution in [0.25, 0.3) is 0 Å². The number of rotatable bonds is 6. The summed E-state index contributed by atoms with van der Waals surface area (Å²) in [5.74, 6) is 1.54. The molecule has 1 heterocycles. The highest BCUT2D eigenvalue weighted by atomic mass is 16.3. The fourth-order valence-corrected chi connectivity index (χ4v) is 3.48. The minimum atomic E-state index is 0.0801. The zero-order valence-electron chi connectivity index (χ0n) is 14.3. The largest absolute Gasteiger partial charge is 0.396 e. The van der Waals surface area contributed by atoms with Gasteiger partial charge in [-0.1, -0.05) is 31.6 Å². The number of aromatic nitrogens is 1. The first kappa shape index (κ1) is 17.7. The number of hydrogen-bond acceptors (Lipinski definition) is 3. The van der Waals surface area contributed by atoms with Crippen molar-refractivity contribution in [3.63, 3.8) is 0 Å². The summed E-state index contributed by atoms with van der Waals surface area (Å²) in [4.78, 5) is 16.3. The van der Waals surface area contributed by atoms with E-state index in [0.29, 0.717) is 24.8 Å². The van der Waals surface area contributed by atoms with Crippen molar-refractivity contribution in [1.82, 2.24) is 10.3 Å². The Balaban J connectivity index is 1.92. The molecule has 0 fully saturated rings. The predicted octanol–water partition coefficient (Wildman–Crippen LogP) is 2.93. The molecule has 4 nitrogen and oxygen atoms in total. The van der Waals surface area contributed by atoms with Crippen LogP contribution in [0.15, 0.2) is 36.2 Å². The standard InChI is InChI=1S/C19H28N2O2/c1-13(2)18-8-16(14(3)7-17(18)12-22)9-19(23)21-11-15-5-4-6-20-10-15/h4-7,10,13,16-18,22H,8-9,11-12H2,1-3H3,(H,21,23). The fourth-order valence-electron chi connectivity index (χ4n) is 3.48. The zero-order chi connectivity index (χ0) is 16.8. The SMILES string of the molecule is CC1=CC(CO)C(C(C)C)CC1CC(=O)NCc1cccnc1. The van der Waals surface area contributed by atoms with Gasteiger partial charge in [-0.25, -0.2) is 0 Å². The molecule has 0 radical (unpaired) electrons. The van der Waals surface area contributed by atoms with Gasteiger partial charge in [-0.05, 0) is 42.7 Å². The van der Waals surface area contributed by atoms with Gasteiger partial charge in [0, 0.05) is 37.9 Å². The molecule has 2 rings (SSSR count). The second-order valence-electron chi connectivity index (χ2n) is 6.94. The molecule has 1 amide bonds. The van der Waals surface area contributed by atoms with Gasteiger partial charge < -0.3 is 10.4 Å². The summed E-state index contributed by atoms with van der Waals surface area (Å²) in [6.07, 6.45) is 7.17. The molecule has 1 aromatic heterocycles. The Morgan fingerprint density at radius 3 is 2.87 bits per heavy atom. The number of aliphatic hydroxyl groups excluding tert-OH is 1. The van der Waals surface area contributed by atoms with Gasteiger partial charge in [0.1, 0.15) is 0 Å². The number of carbonyl (C=O) groups excluding carboxylic acids is 1. The number of amides is 1. The molecule has 0 bridgehead atoms. The lowest BCUT2D eigenvalue weighted by molar-refractivity contribution is -0.122. The van der Waals surface area contributed by atoms with E-state index in [1.807, 2.05) is 12.1 Å². The van der Waals surface area contributed by atoms with Crippen molar-refractivity contribution in [3.05, 3.63) is 41.7 Å². The maximum atomic E-state index is 12.2. The van der Waals surface area contributed by atoms with Crippen LogP contribution in [0.2, 0.25) is 0 Å². The minimum absolute atomic E-state index is 0.0801. The van der Waals surface area contributed by atoms with Gasteiger partial charge in [0.25, 0.3) is 0 Å². The van der Waals surface area contributed by atoms with Gasteiger partial charge >= 0.3 is 0 Å². The van der Waals surface area contributed by atoms with Crippen LogP contribution in [0.1, 0.15) is 39.2 Å². The Morgan fingerprint density at radius 1 is 1.48 bits per heavy atom. The summed E-state index contributed by atoms with van der Waals surface area (Å²) in [5.41, 5.74) is 2.25. The Kier molecular flexibility index (Phi) is 6.34. The third-order valence-electron chi connectivity index (χ3n) is 4.94. The van der Waals surface area contributed by atoms with Gasteiger partial charge in [0.15, 0.2) is 0 Å². The summed E-state index contributed by atoms with van der Waals surface area (Å²) in [7, 11) is 0. The normalized spacial score (nSPS) is 24.4. The molecule has 1 aliphatic carbocycles. The smallest absolute Gasteiger partial charge is 0.220 e. The Hall–Kier alpha value is -1.68. The lowest BCUT2D eigenvalue weighted by Crippen LogP contribution is -2.32. The van der Waals surface area contributed by atoms with Crippen LogP contribution < -0.4 is 5.32 Å². The van der Waals surface area contributed by atoms with E-state index < -0.39 is 0 Å². The molecule has 4 heteroatoms. The number of hydrogen-bond donors (Lipinski definition) is 2. The van der Waals surface area contributed by atoms with E-state index in [0.717, 1.165) is 12.0 Å². The predicted molar refractivity (Wildman–Crippen MR) is 91.5 cm³/mol. The van der Waals surface area contributed by atoms with Crippen LogP contribution in [0, 0.1) is 23.7 Å². The molecule has 0 saturated carbocycles. The number of aliphatic hydroxyl groups is 1. The van der Waals surface area contributed by atoms with Gasteiger partial charge in [0.2, 0.25) is 5.91 Å². The van der Waals surface area contributed by atoms with Crippen LogP contribution in [-0.4, -0.2) is 22.6 Å². The van der Waals surface area contributed by atoms with E-state index in [4.69, 9.17) is 0 Å². The van der Waals surface area contributed by atoms with E-state index in [2.05, 4.69) is 37.1 Å². The van der Waals surface area contributed by atoms with Crippen molar-refractivity contribution in [2.75, 3.05) is 6.61 Å². The average Bonchev–Trinajstić information content (AvgIpc) is 2.55. The third-order valence-corrected chi connectivity index (χ3v) is 4.94. The summed E-state index contributed by atoms with van der Waals surface area (Å²) in [5, 5.41) is 12.6. The van der Waals surface area contributed by atoms with E-state index >= 15 is 0 Å². The van der Waals surface area contributed by atoms with Crippen molar-refractivity contribution in [2.24, 2.45) is 23.7 Å². The minimum Gasteiger partial charge on any atom is -0.396 e. The molecule has 2 N–H and O–H groups in total. The molecule has 0 spiro atoms. The summed E-state index contributed by atoms with van der Waals surface area (Å²) in [6.45, 7) is 7.19. The zero-order valence-corrected chi connectivity index (χ0v) is 14.3. The number of allylic oxidation sites excluding steroid dienone is 1. The maximum absolute atomic E-state index is 12.2. The molecular weight excluding hydrogens is 288 g/mol. The summed E-state index contributed by atoms with van der Waals surface area (Å²) in [6, 6.07) is 3.83. The second kappa shape index (κ2) is 8.25. The molecule has 0 aliphatic heterocycles. The Morgan fingerprint density at radius 2 is 2.26 bits per heavy atom. The Bertz CT molecular complexity index is 540. The maximum Gasteiger partial charge on any atom is 0.220 e. The van der Waals surface area contributed by atoms with Crippen LogP contribution >= 0.6 is 0 Å². The monoisotopic (exact) mass is 316 g/mol. The average molecular weight is 316 g/mol. The van der Waals surface area contributed by atoms with Gasteiger partial charge in [0.05, 0.1) is 0 Å². The highest BCUT2D eigenvalue weighted by molar-refractivity contribution is 5.76. The quantitative estimate of drug-likeness (QED) is 0.793. The van der Waals surface area contributed by atoms with Crippen molar-refractivity contribution in [2.45, 2.75) is 40.2 Å². The Labute approximate surface area is 139 Å². The highest BCUT2D eigenvalue weighted by Gasteiger charge is 2.31. The van der Waals surface area contributed by atoms with E-state index in [1.54, 1.807) is 12.4 Å². The fraction of sp³-hybridized carbons (Fsp3) is 0.579. The van der Waals surface area contributed by atoms with Crippen molar-refractivity contribution in [1.29, 1.82) is 0 Å². The topological polar surface area (TPSA) is 62.2 Å². The third kappa shape index (κ3) is 4.90. The van der Waals surface area contributed by atoms with Crippen LogP contribution in [0.3, 0.4) is 0 Å². The first-order valence-electron chi connectivity index (χ1n) is 8.46. The van der Waals surface area contributed by atoms with Crippen molar-refractivity contribution in [3.8, 4) is 0 Å². The number of nitrogens with one attached hydrogen (secondary N) is 1. The van der Waals surface area contributed by atoms with Crippen LogP contribution in [0.5, 0.6) is 0 Å². The molecule has 1 aromatic rings. The van der Waals surface area contributed by atoms with Crippen LogP contribution in [0.4, 0.5) is 0 Å². The first-order valence-corrected chi connectivity index (χ1v) is 8.46. The van der Waals surface area contributed by atoms with Crippen LogP contribution in [-0.2, 0) is 11.3 Å². The van der Waals surface area contributed by atoms with Crippen molar-refractivity contribution >= 4 is 5.91 Å². The highest BCUT2D eigenvalue weighted by Crippen LogP contribution is 2.38.